The summed E-state index contributed by atoms with van der Waals surface area (Å²) >= 11 is 0. The minimum absolute atomic E-state index is 0.108. The van der Waals surface area contributed by atoms with Crippen LogP contribution in [-0.2, 0) is 0 Å². The minimum atomic E-state index is -0.250. The van der Waals surface area contributed by atoms with Gasteiger partial charge in [0.15, 0.2) is 11.2 Å². The SMILES string of the molecule is COc1ccc2c(=O)c(/C=C3\Oc4ccccc4C3=O)coc2c1. The molecule has 0 N–H and O–H groups in total. The quantitative estimate of drug-likeness (QED) is 0.677. The first-order chi connectivity index (χ1) is 11.7. The van der Waals surface area contributed by atoms with Gasteiger partial charge in [0.05, 0.1) is 23.6 Å². The second kappa shape index (κ2) is 5.38. The normalized spacial score (nSPS) is 14.7. The van der Waals surface area contributed by atoms with E-state index in [2.05, 4.69) is 0 Å². The fourth-order valence-electron chi connectivity index (χ4n) is 2.63. The van der Waals surface area contributed by atoms with Gasteiger partial charge in [-0.25, -0.2) is 0 Å². The van der Waals surface area contributed by atoms with Gasteiger partial charge in [-0.05, 0) is 30.3 Å². The van der Waals surface area contributed by atoms with Crippen molar-refractivity contribution < 1.29 is 18.7 Å². The molecule has 3 aromatic rings. The Morgan fingerprint density at radius 3 is 2.71 bits per heavy atom. The van der Waals surface area contributed by atoms with E-state index in [1.807, 2.05) is 0 Å². The molecule has 1 aliphatic heterocycles. The van der Waals surface area contributed by atoms with Crippen LogP contribution in [0.3, 0.4) is 0 Å². The van der Waals surface area contributed by atoms with Crippen LogP contribution in [0, 0.1) is 0 Å². The number of fused-ring (bicyclic) bond motifs is 2. The van der Waals surface area contributed by atoms with Gasteiger partial charge >= 0.3 is 0 Å². The van der Waals surface area contributed by atoms with Gasteiger partial charge in [0.2, 0.25) is 5.78 Å². The summed E-state index contributed by atoms with van der Waals surface area (Å²) in [6, 6.07) is 11.9. The molecule has 0 amide bonds. The number of methoxy groups -OCH3 is 1. The molecule has 0 saturated heterocycles. The first kappa shape index (κ1) is 14.3. The zero-order valence-corrected chi connectivity index (χ0v) is 12.7. The highest BCUT2D eigenvalue weighted by Crippen LogP contribution is 2.31. The van der Waals surface area contributed by atoms with Crippen LogP contribution in [0.25, 0.3) is 17.0 Å². The third-order valence-corrected chi connectivity index (χ3v) is 3.87. The topological polar surface area (TPSA) is 65.7 Å². The van der Waals surface area contributed by atoms with Crippen LogP contribution < -0.4 is 14.9 Å². The van der Waals surface area contributed by atoms with E-state index in [1.165, 1.54) is 12.3 Å². The van der Waals surface area contributed by atoms with Gasteiger partial charge in [-0.1, -0.05) is 12.1 Å². The van der Waals surface area contributed by atoms with Crippen molar-refractivity contribution in [2.24, 2.45) is 0 Å². The first-order valence-electron chi connectivity index (χ1n) is 7.30. The van der Waals surface area contributed by atoms with E-state index in [4.69, 9.17) is 13.9 Å². The summed E-state index contributed by atoms with van der Waals surface area (Å²) in [6.45, 7) is 0. The molecular formula is C19H12O5. The number of hydrogen-bond donors (Lipinski definition) is 0. The van der Waals surface area contributed by atoms with Gasteiger partial charge < -0.3 is 13.9 Å². The van der Waals surface area contributed by atoms with E-state index in [0.29, 0.717) is 28.0 Å². The Morgan fingerprint density at radius 2 is 1.92 bits per heavy atom. The van der Waals surface area contributed by atoms with Crippen molar-refractivity contribution in [3.63, 3.8) is 0 Å². The lowest BCUT2D eigenvalue weighted by Crippen LogP contribution is -2.07. The third kappa shape index (κ3) is 2.18. The number of carbonyl (C=O) groups is 1. The Balaban J connectivity index is 1.80. The summed E-state index contributed by atoms with van der Waals surface area (Å²) in [7, 11) is 1.54. The fraction of sp³-hybridized carbons (Fsp3) is 0.0526. The molecule has 0 aliphatic carbocycles. The maximum atomic E-state index is 12.6. The molecule has 0 spiro atoms. The predicted octanol–water partition coefficient (Wildman–Crippen LogP) is 3.42. The monoisotopic (exact) mass is 320 g/mol. The smallest absolute Gasteiger partial charge is 0.231 e. The van der Waals surface area contributed by atoms with Crippen LogP contribution in [0.15, 0.2) is 63.7 Å². The molecule has 0 saturated carbocycles. The lowest BCUT2D eigenvalue weighted by Gasteiger charge is -2.02. The van der Waals surface area contributed by atoms with Crippen LogP contribution >= 0.6 is 0 Å². The number of benzene rings is 2. The Kier molecular flexibility index (Phi) is 3.20. The number of ether oxygens (including phenoxy) is 2. The van der Waals surface area contributed by atoms with Crippen molar-refractivity contribution in [3.05, 3.63) is 75.8 Å². The average Bonchev–Trinajstić information content (AvgIpc) is 2.93. The van der Waals surface area contributed by atoms with E-state index in [9.17, 15) is 9.59 Å². The molecule has 5 heteroatoms. The Bertz CT molecular complexity index is 1060. The number of ketones is 1. The molecule has 4 rings (SSSR count). The van der Waals surface area contributed by atoms with Gasteiger partial charge in [-0.15, -0.1) is 0 Å². The molecule has 2 aromatic carbocycles. The zero-order valence-electron chi connectivity index (χ0n) is 12.7. The molecule has 0 unspecified atom stereocenters. The van der Waals surface area contributed by atoms with E-state index < -0.39 is 0 Å². The van der Waals surface area contributed by atoms with Crippen molar-refractivity contribution in [1.29, 1.82) is 0 Å². The van der Waals surface area contributed by atoms with Crippen LogP contribution in [0.5, 0.6) is 11.5 Å². The van der Waals surface area contributed by atoms with Crippen molar-refractivity contribution >= 4 is 22.8 Å². The van der Waals surface area contributed by atoms with E-state index in [1.54, 1.807) is 49.6 Å². The predicted molar refractivity (Wildman–Crippen MR) is 88.4 cm³/mol. The lowest BCUT2D eigenvalue weighted by molar-refractivity contribution is 0.101. The lowest BCUT2D eigenvalue weighted by atomic mass is 10.1. The van der Waals surface area contributed by atoms with Crippen LogP contribution in [0.2, 0.25) is 0 Å². The van der Waals surface area contributed by atoms with E-state index >= 15 is 0 Å². The summed E-state index contributed by atoms with van der Waals surface area (Å²) < 4.78 is 16.1. The fourth-order valence-corrected chi connectivity index (χ4v) is 2.63. The maximum Gasteiger partial charge on any atom is 0.231 e. The minimum Gasteiger partial charge on any atom is -0.497 e. The summed E-state index contributed by atoms with van der Waals surface area (Å²) in [4.78, 5) is 24.9. The Morgan fingerprint density at radius 1 is 1.08 bits per heavy atom. The molecular weight excluding hydrogens is 308 g/mol. The standard InChI is InChI=1S/C19H12O5/c1-22-12-6-7-14-16(9-12)23-10-11(18(14)20)8-17-19(21)13-4-2-3-5-15(13)24-17/h2-10H,1H3/b17-8-. The van der Waals surface area contributed by atoms with Crippen LogP contribution in [-0.4, -0.2) is 12.9 Å². The molecule has 0 radical (unpaired) electrons. The molecule has 24 heavy (non-hydrogen) atoms. The van der Waals surface area contributed by atoms with Crippen LogP contribution in [0.4, 0.5) is 0 Å². The summed E-state index contributed by atoms with van der Waals surface area (Å²) in [5.41, 5.74) is 0.921. The van der Waals surface area contributed by atoms with Gasteiger partial charge in [0.1, 0.15) is 23.3 Å². The largest absolute Gasteiger partial charge is 0.497 e. The summed E-state index contributed by atoms with van der Waals surface area (Å²) in [6.07, 6.45) is 2.73. The number of rotatable bonds is 2. The molecule has 0 bridgehead atoms. The van der Waals surface area contributed by atoms with E-state index in [0.717, 1.165) is 0 Å². The number of allylic oxidation sites excluding steroid dienone is 1. The molecule has 118 valence electrons. The summed E-state index contributed by atoms with van der Waals surface area (Å²) in [5, 5.41) is 0.410. The highest BCUT2D eigenvalue weighted by molar-refractivity contribution is 6.14. The highest BCUT2D eigenvalue weighted by Gasteiger charge is 2.27. The Labute approximate surface area is 136 Å². The summed E-state index contributed by atoms with van der Waals surface area (Å²) in [5.74, 6) is 0.946. The number of hydrogen-bond acceptors (Lipinski definition) is 5. The molecule has 1 aromatic heterocycles. The van der Waals surface area contributed by atoms with Gasteiger partial charge in [-0.3, -0.25) is 9.59 Å². The van der Waals surface area contributed by atoms with Crippen molar-refractivity contribution in [1.82, 2.24) is 0 Å². The van der Waals surface area contributed by atoms with E-state index in [-0.39, 0.29) is 22.5 Å². The van der Waals surface area contributed by atoms with Gasteiger partial charge in [0, 0.05) is 6.07 Å². The molecule has 5 nitrogen and oxygen atoms in total. The van der Waals surface area contributed by atoms with Crippen molar-refractivity contribution in [2.45, 2.75) is 0 Å². The first-order valence-corrected chi connectivity index (χ1v) is 7.30. The molecule has 1 aliphatic rings. The molecule has 0 atom stereocenters. The molecule has 0 fully saturated rings. The number of para-hydroxylation sites is 1. The second-order valence-electron chi connectivity index (χ2n) is 5.32. The third-order valence-electron chi connectivity index (χ3n) is 3.87. The van der Waals surface area contributed by atoms with Crippen molar-refractivity contribution in [3.8, 4) is 11.5 Å². The maximum absolute atomic E-state index is 12.6. The zero-order chi connectivity index (χ0) is 16.7. The average molecular weight is 320 g/mol. The Hall–Kier alpha value is -3.34. The number of Topliss-reactive ketones (excluding diaryl/α,β-unsaturated/α-hetero) is 1. The second-order valence-corrected chi connectivity index (χ2v) is 5.32. The van der Waals surface area contributed by atoms with Gasteiger partial charge in [0.25, 0.3) is 0 Å². The van der Waals surface area contributed by atoms with Crippen LogP contribution in [0.1, 0.15) is 15.9 Å². The molecule has 2 heterocycles. The van der Waals surface area contributed by atoms with Gasteiger partial charge in [-0.2, -0.15) is 0 Å². The highest BCUT2D eigenvalue weighted by atomic mass is 16.5. The number of carbonyl (C=O) groups excluding carboxylic acids is 1. The van der Waals surface area contributed by atoms with Crippen molar-refractivity contribution in [2.75, 3.05) is 7.11 Å².